The van der Waals surface area contributed by atoms with Gasteiger partial charge in [-0.1, -0.05) is 152 Å². The van der Waals surface area contributed by atoms with E-state index in [1.54, 1.807) is 6.08 Å². The lowest BCUT2D eigenvalue weighted by atomic mass is 9.96. The maximum Gasteiger partial charge on any atom is 0.137 e. The van der Waals surface area contributed by atoms with E-state index in [9.17, 15) is 0 Å². The monoisotopic (exact) mass is 733 g/mol. The van der Waals surface area contributed by atoms with Crippen LogP contribution in [0.25, 0.3) is 93.9 Å². The molecule has 0 aliphatic heterocycles. The molecule has 0 aliphatic rings. The highest BCUT2D eigenvalue weighted by molar-refractivity contribution is 6.11. The second-order valence-electron chi connectivity index (χ2n) is 13.7. The first-order chi connectivity index (χ1) is 28.2. The molecule has 0 atom stereocenters. The van der Waals surface area contributed by atoms with Crippen LogP contribution in [0.3, 0.4) is 0 Å². The minimum absolute atomic E-state index is 0.882. The van der Waals surface area contributed by atoms with Crippen LogP contribution in [-0.2, 0) is 0 Å². The number of allylic oxidation sites excluding steroid dienone is 3. The number of furan rings is 1. The van der Waals surface area contributed by atoms with Gasteiger partial charge in [-0.25, -0.2) is 0 Å². The van der Waals surface area contributed by atoms with E-state index in [1.165, 1.54) is 66.3 Å². The van der Waals surface area contributed by atoms with Gasteiger partial charge in [-0.3, -0.25) is 0 Å². The van der Waals surface area contributed by atoms with E-state index in [0.29, 0.717) is 0 Å². The zero-order chi connectivity index (χ0) is 39.1. The molecule has 0 saturated heterocycles. The van der Waals surface area contributed by atoms with Gasteiger partial charge in [-0.2, -0.15) is 0 Å². The van der Waals surface area contributed by atoms with Crippen LogP contribution in [-0.4, -0.2) is 4.57 Å². The fourth-order valence-corrected chi connectivity index (χ4v) is 7.67. The average Bonchev–Trinajstić information content (AvgIpc) is 3.83. The van der Waals surface area contributed by atoms with Gasteiger partial charge in [0.25, 0.3) is 0 Å². The van der Waals surface area contributed by atoms with E-state index in [-0.39, 0.29) is 0 Å². The third kappa shape index (κ3) is 7.25. The highest BCUT2D eigenvalue weighted by atomic mass is 16.3. The first kappa shape index (κ1) is 36.6. The molecule has 57 heavy (non-hydrogen) atoms. The molecule has 8 aromatic carbocycles. The van der Waals surface area contributed by atoms with Crippen molar-refractivity contribution in [1.82, 2.24) is 4.57 Å². The summed E-state index contributed by atoms with van der Waals surface area (Å²) >= 11 is 0. The lowest BCUT2D eigenvalue weighted by molar-refractivity contribution is 0.668. The van der Waals surface area contributed by atoms with Crippen LogP contribution in [0.5, 0.6) is 0 Å². The Morgan fingerprint density at radius 2 is 0.912 bits per heavy atom. The van der Waals surface area contributed by atoms with Gasteiger partial charge in [-0.15, -0.1) is 13.2 Å². The number of hydrogen-bond donors (Lipinski definition) is 0. The number of nitrogens with zero attached hydrogens (tertiary/aromatic N) is 1. The van der Waals surface area contributed by atoms with Crippen LogP contribution >= 0.6 is 0 Å². The molecule has 2 nitrogen and oxygen atoms in total. The molecule has 0 bridgehead atoms. The number of rotatable bonds is 6. The smallest absolute Gasteiger partial charge is 0.137 e. The third-order valence-corrected chi connectivity index (χ3v) is 10.3. The minimum Gasteiger partial charge on any atom is -0.456 e. The fraction of sp³-hybridized carbons (Fsp3) is 0.0182. The second-order valence-corrected chi connectivity index (χ2v) is 13.7. The summed E-state index contributed by atoms with van der Waals surface area (Å²) in [6, 6.07) is 67.4. The van der Waals surface area contributed by atoms with Crippen LogP contribution in [0.2, 0.25) is 0 Å². The topological polar surface area (TPSA) is 18.1 Å². The Bertz CT molecular complexity index is 3020. The van der Waals surface area contributed by atoms with Gasteiger partial charge >= 0.3 is 0 Å². The summed E-state index contributed by atoms with van der Waals surface area (Å²) in [5, 5.41) is 4.72. The summed E-state index contributed by atoms with van der Waals surface area (Å²) in [5.41, 5.74) is 14.9. The SMILES string of the molecule is C=C.C=C/C=C\C.c1ccc(-c2cccc(-c3cccc(-c4ccc5oc6cc(-n7c8ccccc8c8cc(-c9ccccc9)ccc87)ccc6c5c4)c3)c2)cc1. The van der Waals surface area contributed by atoms with Crippen LogP contribution in [0.1, 0.15) is 6.92 Å². The van der Waals surface area contributed by atoms with Gasteiger partial charge in [0.1, 0.15) is 11.2 Å². The van der Waals surface area contributed by atoms with Crippen molar-refractivity contribution in [3.63, 3.8) is 0 Å². The Labute approximate surface area is 334 Å². The molecule has 0 radical (unpaired) electrons. The molecule has 0 aliphatic carbocycles. The number of hydrogen-bond acceptors (Lipinski definition) is 1. The van der Waals surface area contributed by atoms with E-state index < -0.39 is 0 Å². The number of benzene rings is 8. The zero-order valence-electron chi connectivity index (χ0n) is 32.1. The lowest BCUT2D eigenvalue weighted by Crippen LogP contribution is -1.93. The van der Waals surface area contributed by atoms with E-state index in [4.69, 9.17) is 4.42 Å². The molecule has 2 heterocycles. The molecule has 2 aromatic heterocycles. The number of para-hydroxylation sites is 1. The van der Waals surface area contributed by atoms with Gasteiger partial charge in [-0.05, 0) is 106 Å². The molecule has 0 saturated carbocycles. The van der Waals surface area contributed by atoms with Crippen LogP contribution in [0.4, 0.5) is 0 Å². The molecule has 0 spiro atoms. The Morgan fingerprint density at radius 3 is 1.53 bits per heavy atom. The molecule has 0 unspecified atom stereocenters. The normalized spacial score (nSPS) is 11.0. The van der Waals surface area contributed by atoms with Crippen LogP contribution in [0, 0.1) is 0 Å². The largest absolute Gasteiger partial charge is 0.456 e. The highest BCUT2D eigenvalue weighted by Gasteiger charge is 2.16. The summed E-state index contributed by atoms with van der Waals surface area (Å²) in [4.78, 5) is 0. The van der Waals surface area contributed by atoms with Crippen molar-refractivity contribution < 1.29 is 4.42 Å². The standard InChI is InChI=1S/C48H31NO.C5H8.C2H4/c1-3-11-32(12-4-1)34-15-9-16-35(27-34)36-17-10-18-37(28-36)39-22-26-47-44(30-39)42-24-23-40(31-48(42)50-47)49-45-20-8-7-19-41(45)43-29-38(21-25-46(43)49)33-13-5-2-6-14-33;1-3-5-4-2;1-2/h1-31H;3-5H,1H2,2H3;1-2H2/b;5-4-;. The third-order valence-electron chi connectivity index (χ3n) is 10.3. The molecule has 0 amide bonds. The Hall–Kier alpha value is -7.42. The van der Waals surface area contributed by atoms with E-state index in [0.717, 1.165) is 27.6 Å². The summed E-state index contributed by atoms with van der Waals surface area (Å²) in [5.74, 6) is 0. The predicted octanol–water partition coefficient (Wildman–Crippen LogP) is 15.9. The highest BCUT2D eigenvalue weighted by Crippen LogP contribution is 2.38. The maximum atomic E-state index is 6.52. The van der Waals surface area contributed by atoms with Gasteiger partial charge in [0.05, 0.1) is 11.0 Å². The van der Waals surface area contributed by atoms with Crippen molar-refractivity contribution in [1.29, 1.82) is 0 Å². The first-order valence-corrected chi connectivity index (χ1v) is 19.2. The summed E-state index contributed by atoms with van der Waals surface area (Å²) in [6.07, 6.45) is 5.58. The van der Waals surface area contributed by atoms with Gasteiger partial charge in [0, 0.05) is 33.3 Å². The minimum atomic E-state index is 0.882. The predicted molar refractivity (Wildman–Crippen MR) is 246 cm³/mol. The van der Waals surface area contributed by atoms with Crippen molar-refractivity contribution in [2.75, 3.05) is 0 Å². The van der Waals surface area contributed by atoms with Crippen molar-refractivity contribution >= 4 is 43.7 Å². The second kappa shape index (κ2) is 16.5. The fourth-order valence-electron chi connectivity index (χ4n) is 7.67. The van der Waals surface area contributed by atoms with Crippen molar-refractivity contribution in [3.05, 3.63) is 226 Å². The first-order valence-electron chi connectivity index (χ1n) is 19.2. The Morgan fingerprint density at radius 1 is 0.404 bits per heavy atom. The van der Waals surface area contributed by atoms with E-state index >= 15 is 0 Å². The summed E-state index contributed by atoms with van der Waals surface area (Å²) in [6.45, 7) is 11.4. The number of fused-ring (bicyclic) bond motifs is 6. The summed E-state index contributed by atoms with van der Waals surface area (Å²) < 4.78 is 8.87. The van der Waals surface area contributed by atoms with Gasteiger partial charge in [0.15, 0.2) is 0 Å². The van der Waals surface area contributed by atoms with Crippen LogP contribution < -0.4 is 0 Å². The van der Waals surface area contributed by atoms with Crippen molar-refractivity contribution in [3.8, 4) is 50.2 Å². The Kier molecular flexibility index (Phi) is 10.6. The molecule has 274 valence electrons. The van der Waals surface area contributed by atoms with Crippen molar-refractivity contribution in [2.45, 2.75) is 6.92 Å². The van der Waals surface area contributed by atoms with Crippen LogP contribution in [0.15, 0.2) is 230 Å². The molecule has 2 heteroatoms. The molecule has 0 fully saturated rings. The lowest BCUT2D eigenvalue weighted by Gasteiger charge is -2.09. The molecule has 10 rings (SSSR count). The van der Waals surface area contributed by atoms with Crippen molar-refractivity contribution in [2.24, 2.45) is 0 Å². The molecular formula is C55H43NO. The summed E-state index contributed by atoms with van der Waals surface area (Å²) in [7, 11) is 0. The van der Waals surface area contributed by atoms with E-state index in [2.05, 4.69) is 212 Å². The Balaban J connectivity index is 0.000000606. The average molecular weight is 734 g/mol. The zero-order valence-corrected chi connectivity index (χ0v) is 32.1. The quantitative estimate of drug-likeness (QED) is 0.123. The molecule has 10 aromatic rings. The maximum absolute atomic E-state index is 6.52. The molecular weight excluding hydrogens is 691 g/mol. The number of aromatic nitrogens is 1. The van der Waals surface area contributed by atoms with Gasteiger partial charge in [0.2, 0.25) is 0 Å². The van der Waals surface area contributed by atoms with E-state index in [1.807, 2.05) is 19.1 Å². The molecule has 0 N–H and O–H groups in total. The van der Waals surface area contributed by atoms with Gasteiger partial charge < -0.3 is 8.98 Å².